The molecular formula is C14H23FIN3O. The second-order valence-electron chi connectivity index (χ2n) is 4.47. The smallest absolute Gasteiger partial charge is 0.188 e. The zero-order valence-electron chi connectivity index (χ0n) is 11.7. The summed E-state index contributed by atoms with van der Waals surface area (Å²) in [6.07, 6.45) is 4.68. The molecular weight excluding hydrogens is 372 g/mol. The third kappa shape index (κ3) is 7.52. The number of aliphatic imine (C=N–C) groups is 1. The fourth-order valence-corrected chi connectivity index (χ4v) is 1.65. The molecule has 4 nitrogen and oxygen atoms in total. The average molecular weight is 395 g/mol. The number of hydrogen-bond donors (Lipinski definition) is 3. The predicted molar refractivity (Wildman–Crippen MR) is 91.0 cm³/mol. The number of aromatic hydroxyl groups is 1. The molecule has 20 heavy (non-hydrogen) atoms. The first kappa shape index (κ1) is 18.9. The summed E-state index contributed by atoms with van der Waals surface area (Å²) >= 11 is 0. The highest BCUT2D eigenvalue weighted by molar-refractivity contribution is 14.0. The maximum Gasteiger partial charge on any atom is 0.188 e. The van der Waals surface area contributed by atoms with Crippen molar-refractivity contribution in [1.82, 2.24) is 5.32 Å². The van der Waals surface area contributed by atoms with Gasteiger partial charge >= 0.3 is 0 Å². The molecule has 0 spiro atoms. The van der Waals surface area contributed by atoms with Gasteiger partial charge in [-0.15, -0.1) is 24.0 Å². The van der Waals surface area contributed by atoms with Crippen LogP contribution in [0.4, 0.5) is 4.39 Å². The van der Waals surface area contributed by atoms with E-state index in [4.69, 9.17) is 10.8 Å². The number of hydrogen-bond acceptors (Lipinski definition) is 2. The van der Waals surface area contributed by atoms with Gasteiger partial charge in [-0.3, -0.25) is 0 Å². The monoisotopic (exact) mass is 395 g/mol. The Hall–Kier alpha value is -1.05. The van der Waals surface area contributed by atoms with Crippen LogP contribution in [0, 0.1) is 5.82 Å². The van der Waals surface area contributed by atoms with Gasteiger partial charge in [0.2, 0.25) is 0 Å². The summed E-state index contributed by atoms with van der Waals surface area (Å²) < 4.78 is 13.1. The second-order valence-corrected chi connectivity index (χ2v) is 4.47. The van der Waals surface area contributed by atoms with Crippen molar-refractivity contribution in [2.45, 2.75) is 39.2 Å². The first-order valence-electron chi connectivity index (χ1n) is 6.64. The number of nitrogens with two attached hydrogens (primary N) is 1. The van der Waals surface area contributed by atoms with E-state index >= 15 is 0 Å². The number of unbranched alkanes of at least 4 members (excludes halogenated alkanes) is 3. The molecule has 0 atom stereocenters. The van der Waals surface area contributed by atoms with E-state index in [2.05, 4.69) is 17.2 Å². The lowest BCUT2D eigenvalue weighted by molar-refractivity contribution is 0.432. The van der Waals surface area contributed by atoms with E-state index in [0.29, 0.717) is 18.1 Å². The van der Waals surface area contributed by atoms with Crippen LogP contribution in [0.5, 0.6) is 5.75 Å². The molecule has 1 rings (SSSR count). The molecule has 0 aliphatic carbocycles. The van der Waals surface area contributed by atoms with Crippen LogP contribution in [0.2, 0.25) is 0 Å². The second kappa shape index (κ2) is 10.7. The van der Waals surface area contributed by atoms with Gasteiger partial charge in [0, 0.05) is 6.54 Å². The minimum absolute atomic E-state index is 0. The van der Waals surface area contributed by atoms with Crippen LogP contribution < -0.4 is 11.1 Å². The Kier molecular flexibility index (Phi) is 10.1. The van der Waals surface area contributed by atoms with E-state index in [9.17, 15) is 4.39 Å². The third-order valence-electron chi connectivity index (χ3n) is 2.78. The van der Waals surface area contributed by atoms with Crippen LogP contribution in [-0.4, -0.2) is 17.6 Å². The highest BCUT2D eigenvalue weighted by atomic mass is 127. The van der Waals surface area contributed by atoms with Gasteiger partial charge < -0.3 is 16.2 Å². The van der Waals surface area contributed by atoms with Crippen LogP contribution in [0.25, 0.3) is 0 Å². The number of phenols is 1. The number of nitrogens with one attached hydrogen (secondary N) is 1. The van der Waals surface area contributed by atoms with Crippen LogP contribution >= 0.6 is 24.0 Å². The molecule has 0 unspecified atom stereocenters. The number of nitrogens with zero attached hydrogens (tertiary/aromatic N) is 1. The van der Waals surface area contributed by atoms with E-state index in [1.165, 1.54) is 31.4 Å². The first-order valence-corrected chi connectivity index (χ1v) is 6.64. The molecule has 0 aliphatic heterocycles. The summed E-state index contributed by atoms with van der Waals surface area (Å²) in [5.41, 5.74) is 6.37. The lowest BCUT2D eigenvalue weighted by Gasteiger charge is -2.05. The third-order valence-corrected chi connectivity index (χ3v) is 2.78. The number of halogens is 2. The number of phenolic OH excluding ortho intramolecular Hbond substituents is 1. The Morgan fingerprint density at radius 2 is 2.10 bits per heavy atom. The maximum atomic E-state index is 13.1. The molecule has 0 saturated carbocycles. The topological polar surface area (TPSA) is 70.6 Å². The molecule has 0 saturated heterocycles. The summed E-state index contributed by atoms with van der Waals surface area (Å²) in [7, 11) is 0. The molecule has 0 aliphatic rings. The van der Waals surface area contributed by atoms with Crippen molar-refractivity contribution in [3.05, 3.63) is 29.6 Å². The van der Waals surface area contributed by atoms with Crippen molar-refractivity contribution >= 4 is 29.9 Å². The minimum Gasteiger partial charge on any atom is -0.505 e. The van der Waals surface area contributed by atoms with Crippen molar-refractivity contribution in [3.8, 4) is 5.75 Å². The number of rotatable bonds is 7. The fraction of sp³-hybridized carbons (Fsp3) is 0.500. The fourth-order valence-electron chi connectivity index (χ4n) is 1.65. The van der Waals surface area contributed by atoms with E-state index in [-0.39, 0.29) is 29.7 Å². The number of benzene rings is 1. The molecule has 0 aromatic heterocycles. The molecule has 6 heteroatoms. The van der Waals surface area contributed by atoms with E-state index in [1.807, 2.05) is 0 Å². The lowest BCUT2D eigenvalue weighted by atomic mass is 10.2. The van der Waals surface area contributed by atoms with E-state index < -0.39 is 5.82 Å². The number of guanidine groups is 1. The summed E-state index contributed by atoms with van der Waals surface area (Å²) in [4.78, 5) is 4.12. The Morgan fingerprint density at radius 1 is 1.35 bits per heavy atom. The SMILES string of the molecule is CCCCCCNC(N)=NCc1ccc(O)c(F)c1.I. The maximum absolute atomic E-state index is 13.1. The van der Waals surface area contributed by atoms with Gasteiger partial charge in [0.15, 0.2) is 17.5 Å². The highest BCUT2D eigenvalue weighted by Crippen LogP contribution is 2.16. The Balaban J connectivity index is 0.00000361. The van der Waals surface area contributed by atoms with E-state index in [1.54, 1.807) is 6.07 Å². The Labute approximate surface area is 136 Å². The summed E-state index contributed by atoms with van der Waals surface area (Å²) in [6.45, 7) is 3.27. The predicted octanol–water partition coefficient (Wildman–Crippen LogP) is 3.13. The van der Waals surface area contributed by atoms with Gasteiger partial charge in [-0.05, 0) is 24.1 Å². The first-order chi connectivity index (χ1) is 9.13. The standard InChI is InChI=1S/C14H22FN3O.HI/c1-2-3-4-5-8-17-14(16)18-10-11-6-7-13(19)12(15)9-11;/h6-7,9,19H,2-5,8,10H2,1H3,(H3,16,17,18);1H. The van der Waals surface area contributed by atoms with Crippen molar-refractivity contribution in [2.24, 2.45) is 10.7 Å². The van der Waals surface area contributed by atoms with Crippen molar-refractivity contribution in [1.29, 1.82) is 0 Å². The van der Waals surface area contributed by atoms with Gasteiger partial charge in [-0.25, -0.2) is 9.38 Å². The normalized spacial score (nSPS) is 11.0. The van der Waals surface area contributed by atoms with Gasteiger partial charge in [-0.1, -0.05) is 32.3 Å². The molecule has 4 N–H and O–H groups in total. The summed E-state index contributed by atoms with van der Waals surface area (Å²) in [6, 6.07) is 4.19. The lowest BCUT2D eigenvalue weighted by Crippen LogP contribution is -2.32. The zero-order chi connectivity index (χ0) is 14.1. The average Bonchev–Trinajstić information content (AvgIpc) is 2.40. The van der Waals surface area contributed by atoms with E-state index in [0.717, 1.165) is 13.0 Å². The molecule has 0 amide bonds. The van der Waals surface area contributed by atoms with Crippen LogP contribution in [-0.2, 0) is 6.54 Å². The molecule has 1 aromatic rings. The van der Waals surface area contributed by atoms with Crippen LogP contribution in [0.3, 0.4) is 0 Å². The highest BCUT2D eigenvalue weighted by Gasteiger charge is 2.01. The van der Waals surface area contributed by atoms with Gasteiger partial charge in [-0.2, -0.15) is 0 Å². The van der Waals surface area contributed by atoms with Crippen molar-refractivity contribution in [3.63, 3.8) is 0 Å². The van der Waals surface area contributed by atoms with Crippen molar-refractivity contribution in [2.75, 3.05) is 6.54 Å². The van der Waals surface area contributed by atoms with Gasteiger partial charge in [0.1, 0.15) is 0 Å². The van der Waals surface area contributed by atoms with Gasteiger partial charge in [0.05, 0.1) is 6.54 Å². The molecule has 114 valence electrons. The van der Waals surface area contributed by atoms with Gasteiger partial charge in [0.25, 0.3) is 0 Å². The molecule has 0 bridgehead atoms. The minimum atomic E-state index is -0.640. The summed E-state index contributed by atoms with van der Waals surface area (Å²) in [5, 5.41) is 12.1. The zero-order valence-corrected chi connectivity index (χ0v) is 14.1. The quantitative estimate of drug-likeness (QED) is 0.288. The van der Waals surface area contributed by atoms with Crippen LogP contribution in [0.15, 0.2) is 23.2 Å². The summed E-state index contributed by atoms with van der Waals surface area (Å²) in [5.74, 6) is -0.626. The molecule has 0 fully saturated rings. The largest absolute Gasteiger partial charge is 0.505 e. The van der Waals surface area contributed by atoms with Crippen LogP contribution in [0.1, 0.15) is 38.2 Å². The molecule has 0 radical (unpaired) electrons. The molecule has 1 aromatic carbocycles. The Bertz CT molecular complexity index is 427. The molecule has 0 heterocycles. The van der Waals surface area contributed by atoms with Crippen molar-refractivity contribution < 1.29 is 9.50 Å². The Morgan fingerprint density at radius 3 is 2.75 bits per heavy atom.